The van der Waals surface area contributed by atoms with Crippen molar-refractivity contribution < 1.29 is 4.42 Å². The van der Waals surface area contributed by atoms with Gasteiger partial charge in [0.05, 0.1) is 0 Å². The summed E-state index contributed by atoms with van der Waals surface area (Å²) >= 11 is 0.178. The molecule has 0 aliphatic carbocycles. The Morgan fingerprint density at radius 3 is 1.95 bits per heavy atom. The molecule has 4 nitrogen and oxygen atoms in total. The van der Waals surface area contributed by atoms with Gasteiger partial charge in [0.15, 0.2) is 0 Å². The Bertz CT molecular complexity index is 2510. The predicted octanol–water partition coefficient (Wildman–Crippen LogP) is 9.80. The van der Waals surface area contributed by atoms with Gasteiger partial charge in [-0.1, -0.05) is 18.2 Å². The molecule has 0 N–H and O–H groups in total. The Labute approximate surface area is 259 Å². The summed E-state index contributed by atoms with van der Waals surface area (Å²) in [6.07, 6.45) is 0. The van der Waals surface area contributed by atoms with Gasteiger partial charge < -0.3 is 0 Å². The third kappa shape index (κ3) is 4.17. The van der Waals surface area contributed by atoms with Gasteiger partial charge in [0.25, 0.3) is 0 Å². The van der Waals surface area contributed by atoms with Crippen LogP contribution in [0.15, 0.2) is 144 Å². The molecule has 0 unspecified atom stereocenters. The first-order valence-electron chi connectivity index (χ1n) is 14.5. The number of hydrogen-bond donors (Lipinski definition) is 0. The van der Waals surface area contributed by atoms with E-state index in [4.69, 9.17) is 19.4 Å². The van der Waals surface area contributed by atoms with E-state index in [2.05, 4.69) is 103 Å². The summed E-state index contributed by atoms with van der Waals surface area (Å²) in [5.74, 6) is 2.02. The van der Waals surface area contributed by atoms with Gasteiger partial charge >= 0.3 is 225 Å². The third-order valence-electron chi connectivity index (χ3n) is 8.15. The van der Waals surface area contributed by atoms with Crippen molar-refractivity contribution in [2.24, 2.45) is 0 Å². The van der Waals surface area contributed by atoms with E-state index in [1.807, 2.05) is 36.4 Å². The minimum atomic E-state index is 0.178. The van der Waals surface area contributed by atoms with E-state index < -0.39 is 0 Å². The first kappa shape index (κ1) is 25.2. The van der Waals surface area contributed by atoms with Crippen molar-refractivity contribution in [1.82, 2.24) is 15.0 Å². The molecule has 5 heteroatoms. The van der Waals surface area contributed by atoms with Gasteiger partial charge in [-0.25, -0.2) is 0 Å². The van der Waals surface area contributed by atoms with Crippen molar-refractivity contribution in [2.45, 2.75) is 0 Å². The topological polar surface area (TPSA) is 51.8 Å². The van der Waals surface area contributed by atoms with Gasteiger partial charge in [0.2, 0.25) is 0 Å². The maximum absolute atomic E-state index is 6.19. The third-order valence-corrected chi connectivity index (χ3v) is 10.7. The van der Waals surface area contributed by atoms with E-state index in [1.165, 1.54) is 19.3 Å². The number of furan rings is 1. The first-order valence-corrected chi connectivity index (χ1v) is 16.2. The van der Waals surface area contributed by atoms with Crippen molar-refractivity contribution in [3.63, 3.8) is 0 Å². The van der Waals surface area contributed by atoms with Crippen LogP contribution in [-0.4, -0.2) is 29.5 Å². The van der Waals surface area contributed by atoms with Crippen LogP contribution in [-0.2, 0) is 0 Å². The average Bonchev–Trinajstić information content (AvgIpc) is 3.66. The van der Waals surface area contributed by atoms with Crippen molar-refractivity contribution in [3.05, 3.63) is 140 Å². The molecule has 206 valence electrons. The molecule has 0 bridgehead atoms. The SMILES string of the molecule is c1ccc(-c2nc(-c3cccc(-c4ccc5c(c4)oc4ccccc45)c3)nc(-c3cccc4c3[se]c3ccccc34)n2)cc1. The van der Waals surface area contributed by atoms with Crippen LogP contribution in [0, 0.1) is 0 Å². The number of benzene rings is 6. The summed E-state index contributed by atoms with van der Waals surface area (Å²) in [6, 6.07) is 48.4. The maximum atomic E-state index is 6.19. The van der Waals surface area contributed by atoms with E-state index in [9.17, 15) is 0 Å². The van der Waals surface area contributed by atoms with Crippen molar-refractivity contribution in [1.29, 1.82) is 0 Å². The second-order valence-electron chi connectivity index (χ2n) is 10.8. The van der Waals surface area contributed by atoms with E-state index in [-0.39, 0.29) is 14.5 Å². The Morgan fingerprint density at radius 1 is 0.409 bits per heavy atom. The van der Waals surface area contributed by atoms with E-state index in [0.29, 0.717) is 17.5 Å². The number of fused-ring (bicyclic) bond motifs is 6. The fourth-order valence-corrected chi connectivity index (χ4v) is 8.55. The summed E-state index contributed by atoms with van der Waals surface area (Å²) in [5, 5.41) is 4.85. The fraction of sp³-hybridized carbons (Fsp3) is 0. The van der Waals surface area contributed by atoms with Crippen LogP contribution >= 0.6 is 0 Å². The fourth-order valence-electron chi connectivity index (χ4n) is 6.01. The van der Waals surface area contributed by atoms with Gasteiger partial charge in [-0.2, -0.15) is 0 Å². The molecule has 6 aromatic carbocycles. The summed E-state index contributed by atoms with van der Waals surface area (Å²) in [6.45, 7) is 0. The van der Waals surface area contributed by atoms with Crippen LogP contribution in [0.4, 0.5) is 0 Å². The number of para-hydroxylation sites is 1. The van der Waals surface area contributed by atoms with Gasteiger partial charge in [0, 0.05) is 5.39 Å². The number of rotatable bonds is 4. The zero-order chi connectivity index (χ0) is 29.0. The monoisotopic (exact) mass is 629 g/mol. The van der Waals surface area contributed by atoms with Crippen LogP contribution in [0.1, 0.15) is 0 Å². The second-order valence-corrected chi connectivity index (χ2v) is 13.1. The quantitative estimate of drug-likeness (QED) is 0.182. The van der Waals surface area contributed by atoms with E-state index >= 15 is 0 Å². The molecule has 0 saturated heterocycles. The van der Waals surface area contributed by atoms with Gasteiger partial charge in [-0.05, 0) is 6.07 Å². The van der Waals surface area contributed by atoms with Crippen molar-refractivity contribution in [2.75, 3.05) is 0 Å². The Morgan fingerprint density at radius 2 is 1.05 bits per heavy atom. The summed E-state index contributed by atoms with van der Waals surface area (Å²) in [5.41, 5.74) is 6.91. The molecule has 0 saturated carbocycles. The van der Waals surface area contributed by atoms with E-state index in [1.54, 1.807) is 0 Å². The molecular formula is C39H23N3OSe. The Balaban J connectivity index is 1.21. The van der Waals surface area contributed by atoms with Gasteiger partial charge in [-0.15, -0.1) is 0 Å². The molecular weight excluding hydrogens is 605 g/mol. The number of aromatic nitrogens is 3. The average molecular weight is 629 g/mol. The van der Waals surface area contributed by atoms with Crippen molar-refractivity contribution in [3.8, 4) is 45.3 Å². The van der Waals surface area contributed by atoms with E-state index in [0.717, 1.165) is 49.8 Å². The zero-order valence-electron chi connectivity index (χ0n) is 23.4. The molecule has 3 heterocycles. The minimum absolute atomic E-state index is 0.178. The molecule has 0 spiro atoms. The van der Waals surface area contributed by atoms with Crippen LogP contribution in [0.3, 0.4) is 0 Å². The molecule has 0 radical (unpaired) electrons. The first-order chi connectivity index (χ1) is 21.8. The molecule has 3 aromatic heterocycles. The number of hydrogen-bond acceptors (Lipinski definition) is 4. The van der Waals surface area contributed by atoms with Crippen LogP contribution in [0.25, 0.3) is 86.5 Å². The molecule has 0 aliphatic rings. The summed E-state index contributed by atoms with van der Waals surface area (Å²) in [7, 11) is 0. The molecule has 0 aliphatic heterocycles. The van der Waals surface area contributed by atoms with Crippen LogP contribution in [0.5, 0.6) is 0 Å². The molecule has 0 amide bonds. The standard InChI is InChI=1S/C39H23N3OSe/c1-2-10-24(11-3-1)37-40-38(42-39(41-37)32-17-9-16-31-30-15-5-7-19-35(30)44-36(31)32)27-13-8-12-25(22-27)26-20-21-29-28-14-4-6-18-33(28)43-34(29)23-26/h1-23H. The molecule has 9 rings (SSSR count). The van der Waals surface area contributed by atoms with Crippen molar-refractivity contribution >= 4 is 55.7 Å². The van der Waals surface area contributed by atoms with Crippen LogP contribution < -0.4 is 0 Å². The van der Waals surface area contributed by atoms with Crippen LogP contribution in [0.2, 0.25) is 0 Å². The number of nitrogens with zero attached hydrogens (tertiary/aromatic N) is 3. The Hall–Kier alpha value is -5.35. The summed E-state index contributed by atoms with van der Waals surface area (Å²) < 4.78 is 8.91. The zero-order valence-corrected chi connectivity index (χ0v) is 25.2. The van der Waals surface area contributed by atoms with Gasteiger partial charge in [0.1, 0.15) is 5.58 Å². The Kier molecular flexibility index (Phi) is 5.80. The molecule has 0 atom stereocenters. The predicted molar refractivity (Wildman–Crippen MR) is 181 cm³/mol. The molecule has 0 fully saturated rings. The molecule has 9 aromatic rings. The second kappa shape index (κ2) is 10.1. The van der Waals surface area contributed by atoms with Gasteiger partial charge in [-0.3, -0.25) is 0 Å². The summed E-state index contributed by atoms with van der Waals surface area (Å²) in [4.78, 5) is 15.2. The molecule has 44 heavy (non-hydrogen) atoms. The normalized spacial score (nSPS) is 11.6.